The van der Waals surface area contributed by atoms with Gasteiger partial charge >= 0.3 is 0 Å². The fourth-order valence-corrected chi connectivity index (χ4v) is 3.00. The van der Waals surface area contributed by atoms with E-state index in [1.54, 1.807) is 0 Å². The van der Waals surface area contributed by atoms with Crippen LogP contribution in [-0.2, 0) is 6.42 Å². The quantitative estimate of drug-likeness (QED) is 0.852. The fraction of sp³-hybridized carbons (Fsp3) is 0.688. The second-order valence-electron chi connectivity index (χ2n) is 5.63. The van der Waals surface area contributed by atoms with E-state index in [0.717, 1.165) is 18.9 Å². The van der Waals surface area contributed by atoms with Crippen molar-refractivity contribution in [3.05, 3.63) is 30.1 Å². The van der Waals surface area contributed by atoms with Crippen molar-refractivity contribution in [2.24, 2.45) is 5.92 Å². The van der Waals surface area contributed by atoms with Gasteiger partial charge in [-0.3, -0.25) is 4.98 Å². The number of piperidine rings is 1. The van der Waals surface area contributed by atoms with Crippen molar-refractivity contribution in [1.82, 2.24) is 15.2 Å². The van der Waals surface area contributed by atoms with Gasteiger partial charge in [-0.2, -0.15) is 0 Å². The molecule has 1 aromatic heterocycles. The van der Waals surface area contributed by atoms with E-state index in [2.05, 4.69) is 41.2 Å². The lowest BCUT2D eigenvalue weighted by atomic mass is 9.90. The molecule has 1 unspecified atom stereocenters. The predicted octanol–water partition coefficient (Wildman–Crippen LogP) is 2.33. The summed E-state index contributed by atoms with van der Waals surface area (Å²) in [5.74, 6) is 0.858. The van der Waals surface area contributed by atoms with Gasteiger partial charge < -0.3 is 10.2 Å². The monoisotopic (exact) mass is 261 g/mol. The molecule has 0 aromatic carbocycles. The van der Waals surface area contributed by atoms with Gasteiger partial charge in [0.1, 0.15) is 0 Å². The zero-order valence-corrected chi connectivity index (χ0v) is 12.3. The van der Waals surface area contributed by atoms with Crippen LogP contribution in [0.15, 0.2) is 24.5 Å². The van der Waals surface area contributed by atoms with Crippen molar-refractivity contribution in [3.8, 4) is 0 Å². The highest BCUT2D eigenvalue weighted by Crippen LogP contribution is 2.20. The van der Waals surface area contributed by atoms with Crippen molar-refractivity contribution in [1.29, 1.82) is 0 Å². The summed E-state index contributed by atoms with van der Waals surface area (Å²) in [4.78, 5) is 6.67. The molecule has 0 aliphatic carbocycles. The van der Waals surface area contributed by atoms with Crippen LogP contribution in [0.3, 0.4) is 0 Å². The van der Waals surface area contributed by atoms with Crippen LogP contribution < -0.4 is 5.32 Å². The standard InChI is InChI=1S/C16H27N3/c1-3-18-14(2)16-7-12-19(13-8-16)11-6-15-4-9-17-10-5-15/h4-5,9-10,14,16,18H,3,6-8,11-13H2,1-2H3. The minimum Gasteiger partial charge on any atom is -0.314 e. The number of nitrogens with zero attached hydrogens (tertiary/aromatic N) is 2. The van der Waals surface area contributed by atoms with Crippen LogP contribution in [0.25, 0.3) is 0 Å². The van der Waals surface area contributed by atoms with Gasteiger partial charge in [0.15, 0.2) is 0 Å². The summed E-state index contributed by atoms with van der Waals surface area (Å²) in [5.41, 5.74) is 1.40. The minimum atomic E-state index is 0.673. The van der Waals surface area contributed by atoms with Crippen LogP contribution in [0.2, 0.25) is 0 Å². The Morgan fingerprint density at radius 3 is 2.63 bits per heavy atom. The SMILES string of the molecule is CCNC(C)C1CCN(CCc2ccncc2)CC1. The number of pyridine rings is 1. The van der Waals surface area contributed by atoms with Crippen LogP contribution in [0, 0.1) is 5.92 Å². The van der Waals surface area contributed by atoms with E-state index in [0.29, 0.717) is 6.04 Å². The third-order valence-electron chi connectivity index (χ3n) is 4.33. The van der Waals surface area contributed by atoms with Gasteiger partial charge in [0.2, 0.25) is 0 Å². The molecule has 0 bridgehead atoms. The second-order valence-corrected chi connectivity index (χ2v) is 5.63. The largest absolute Gasteiger partial charge is 0.314 e. The smallest absolute Gasteiger partial charge is 0.0270 e. The van der Waals surface area contributed by atoms with Crippen molar-refractivity contribution < 1.29 is 0 Å². The number of rotatable bonds is 6. The average molecular weight is 261 g/mol. The molecule has 1 N–H and O–H groups in total. The average Bonchev–Trinajstić information content (AvgIpc) is 2.47. The lowest BCUT2D eigenvalue weighted by Gasteiger charge is -2.35. The number of hydrogen-bond donors (Lipinski definition) is 1. The highest BCUT2D eigenvalue weighted by atomic mass is 15.1. The van der Waals surface area contributed by atoms with Gasteiger partial charge in [0.05, 0.1) is 0 Å². The summed E-state index contributed by atoms with van der Waals surface area (Å²) in [6.07, 6.45) is 7.60. The second kappa shape index (κ2) is 7.61. The Hall–Kier alpha value is -0.930. The topological polar surface area (TPSA) is 28.2 Å². The van der Waals surface area contributed by atoms with Gasteiger partial charge in [0, 0.05) is 25.0 Å². The van der Waals surface area contributed by atoms with Gasteiger partial charge in [-0.25, -0.2) is 0 Å². The van der Waals surface area contributed by atoms with E-state index < -0.39 is 0 Å². The molecule has 0 spiro atoms. The fourth-order valence-electron chi connectivity index (χ4n) is 3.00. The first-order chi connectivity index (χ1) is 9.29. The van der Waals surface area contributed by atoms with E-state index >= 15 is 0 Å². The van der Waals surface area contributed by atoms with E-state index in [4.69, 9.17) is 0 Å². The van der Waals surface area contributed by atoms with Gasteiger partial charge in [-0.1, -0.05) is 6.92 Å². The maximum Gasteiger partial charge on any atom is 0.0270 e. The number of aromatic nitrogens is 1. The van der Waals surface area contributed by atoms with Crippen molar-refractivity contribution >= 4 is 0 Å². The summed E-state index contributed by atoms with van der Waals surface area (Å²) in [7, 11) is 0. The molecule has 2 heterocycles. The molecule has 0 amide bonds. The molecule has 19 heavy (non-hydrogen) atoms. The molecular formula is C16H27N3. The summed E-state index contributed by atoms with van der Waals surface area (Å²) >= 11 is 0. The lowest BCUT2D eigenvalue weighted by Crippen LogP contribution is -2.42. The summed E-state index contributed by atoms with van der Waals surface area (Å²) in [5, 5.41) is 3.56. The van der Waals surface area contributed by atoms with E-state index in [1.165, 1.54) is 38.0 Å². The Morgan fingerprint density at radius 2 is 2.00 bits per heavy atom. The third-order valence-corrected chi connectivity index (χ3v) is 4.33. The molecule has 106 valence electrons. The molecule has 0 saturated carbocycles. The number of nitrogens with one attached hydrogen (secondary N) is 1. The van der Waals surface area contributed by atoms with E-state index in [9.17, 15) is 0 Å². The first kappa shape index (κ1) is 14.5. The first-order valence-electron chi connectivity index (χ1n) is 7.64. The summed E-state index contributed by atoms with van der Waals surface area (Å²) < 4.78 is 0. The Balaban J connectivity index is 1.69. The van der Waals surface area contributed by atoms with Crippen LogP contribution in [0.5, 0.6) is 0 Å². The highest BCUT2D eigenvalue weighted by Gasteiger charge is 2.22. The third kappa shape index (κ3) is 4.59. The van der Waals surface area contributed by atoms with Crippen molar-refractivity contribution in [3.63, 3.8) is 0 Å². The molecule has 1 aliphatic heterocycles. The zero-order valence-electron chi connectivity index (χ0n) is 12.3. The molecule has 1 aromatic rings. The number of hydrogen-bond acceptors (Lipinski definition) is 3. The van der Waals surface area contributed by atoms with Crippen LogP contribution in [0.4, 0.5) is 0 Å². The molecule has 1 atom stereocenters. The maximum atomic E-state index is 4.07. The maximum absolute atomic E-state index is 4.07. The Kier molecular flexibility index (Phi) is 5.80. The van der Waals surface area contributed by atoms with Crippen LogP contribution in [0.1, 0.15) is 32.3 Å². The minimum absolute atomic E-state index is 0.673. The molecule has 1 fully saturated rings. The number of likely N-dealkylation sites (tertiary alicyclic amines) is 1. The molecule has 3 nitrogen and oxygen atoms in total. The lowest BCUT2D eigenvalue weighted by molar-refractivity contribution is 0.164. The molecular weight excluding hydrogens is 234 g/mol. The Morgan fingerprint density at radius 1 is 1.32 bits per heavy atom. The Labute approximate surface area is 117 Å². The molecule has 1 aliphatic rings. The first-order valence-corrected chi connectivity index (χ1v) is 7.64. The van der Waals surface area contributed by atoms with Gasteiger partial charge in [-0.15, -0.1) is 0 Å². The summed E-state index contributed by atoms with van der Waals surface area (Å²) in [6.45, 7) is 9.31. The van der Waals surface area contributed by atoms with Crippen LogP contribution >= 0.6 is 0 Å². The zero-order chi connectivity index (χ0) is 13.5. The summed E-state index contributed by atoms with van der Waals surface area (Å²) in [6, 6.07) is 4.92. The molecule has 0 radical (unpaired) electrons. The highest BCUT2D eigenvalue weighted by molar-refractivity contribution is 5.09. The van der Waals surface area contributed by atoms with Gasteiger partial charge in [-0.05, 0) is 69.4 Å². The van der Waals surface area contributed by atoms with Crippen molar-refractivity contribution in [2.75, 3.05) is 26.2 Å². The Bertz CT molecular complexity index is 344. The van der Waals surface area contributed by atoms with Crippen molar-refractivity contribution in [2.45, 2.75) is 39.2 Å². The van der Waals surface area contributed by atoms with Gasteiger partial charge in [0.25, 0.3) is 0 Å². The normalized spacial score (nSPS) is 19.5. The van der Waals surface area contributed by atoms with E-state index in [1.807, 2.05) is 12.4 Å². The molecule has 1 saturated heterocycles. The molecule has 3 heteroatoms. The molecule has 2 rings (SSSR count). The van der Waals surface area contributed by atoms with E-state index in [-0.39, 0.29) is 0 Å². The predicted molar refractivity (Wildman–Crippen MR) is 80.2 cm³/mol. The van der Waals surface area contributed by atoms with Crippen LogP contribution in [-0.4, -0.2) is 42.1 Å².